The van der Waals surface area contributed by atoms with Crippen molar-refractivity contribution in [2.75, 3.05) is 19.7 Å². The van der Waals surface area contributed by atoms with Gasteiger partial charge in [-0.3, -0.25) is 9.59 Å². The lowest BCUT2D eigenvalue weighted by Crippen LogP contribution is -2.31. The lowest BCUT2D eigenvalue weighted by Gasteiger charge is -2.12. The Balaban J connectivity index is 1.97. The minimum absolute atomic E-state index is 0.0703. The number of carboxylic acid groups (broad SMARTS) is 1. The molecule has 0 bridgehead atoms. The van der Waals surface area contributed by atoms with Crippen molar-refractivity contribution in [3.05, 3.63) is 0 Å². The molecule has 1 saturated heterocycles. The van der Waals surface area contributed by atoms with Crippen LogP contribution in [0, 0.1) is 17.3 Å². The summed E-state index contributed by atoms with van der Waals surface area (Å²) in [5.74, 6) is -1.82. The van der Waals surface area contributed by atoms with Crippen LogP contribution in [-0.4, -0.2) is 36.7 Å². The van der Waals surface area contributed by atoms with Crippen molar-refractivity contribution < 1.29 is 19.4 Å². The smallest absolute Gasteiger partial charge is 0.314 e. The first kappa shape index (κ1) is 11.4. The van der Waals surface area contributed by atoms with E-state index in [2.05, 4.69) is 5.32 Å². The van der Waals surface area contributed by atoms with E-state index in [4.69, 9.17) is 9.84 Å². The van der Waals surface area contributed by atoms with Gasteiger partial charge in [0.1, 0.15) is 0 Å². The van der Waals surface area contributed by atoms with Crippen LogP contribution in [0.5, 0.6) is 0 Å². The van der Waals surface area contributed by atoms with Crippen LogP contribution < -0.4 is 5.32 Å². The van der Waals surface area contributed by atoms with Crippen LogP contribution in [0.25, 0.3) is 0 Å². The van der Waals surface area contributed by atoms with E-state index in [9.17, 15) is 9.59 Å². The molecule has 2 rings (SSSR count). The first-order chi connectivity index (χ1) is 7.64. The Kier molecular flexibility index (Phi) is 2.88. The number of fused-ring (bicyclic) bond motifs is 1. The van der Waals surface area contributed by atoms with Crippen molar-refractivity contribution in [3.8, 4) is 0 Å². The Morgan fingerprint density at radius 2 is 2.31 bits per heavy atom. The lowest BCUT2D eigenvalue weighted by molar-refractivity contribution is -0.153. The third-order valence-electron chi connectivity index (χ3n) is 3.67. The number of carbonyl (C=O) groups excluding carboxylic acids is 1. The largest absolute Gasteiger partial charge is 0.481 e. The van der Waals surface area contributed by atoms with Gasteiger partial charge in [0.15, 0.2) is 0 Å². The van der Waals surface area contributed by atoms with E-state index >= 15 is 0 Å². The zero-order valence-electron chi connectivity index (χ0n) is 9.36. The van der Waals surface area contributed by atoms with E-state index in [-0.39, 0.29) is 11.9 Å². The van der Waals surface area contributed by atoms with Gasteiger partial charge < -0.3 is 15.2 Å². The van der Waals surface area contributed by atoms with Crippen molar-refractivity contribution in [2.45, 2.75) is 19.8 Å². The quantitative estimate of drug-likeness (QED) is 0.520. The van der Waals surface area contributed by atoms with Crippen LogP contribution in [0.4, 0.5) is 0 Å². The number of aliphatic carboxylic acids is 1. The van der Waals surface area contributed by atoms with Crippen LogP contribution in [-0.2, 0) is 14.3 Å². The molecule has 3 atom stereocenters. The number of carbonyl (C=O) groups is 2. The number of hydrogen-bond acceptors (Lipinski definition) is 4. The van der Waals surface area contributed by atoms with Crippen LogP contribution in [0.1, 0.15) is 19.8 Å². The summed E-state index contributed by atoms with van der Waals surface area (Å²) in [5.41, 5.74) is -0.764. The van der Waals surface area contributed by atoms with E-state index in [0.29, 0.717) is 19.7 Å². The lowest BCUT2D eigenvalue weighted by atomic mass is 10.0. The third kappa shape index (κ3) is 1.50. The maximum atomic E-state index is 11.9. The molecule has 1 aliphatic heterocycles. The Hall–Kier alpha value is -1.10. The van der Waals surface area contributed by atoms with Gasteiger partial charge in [-0.15, -0.1) is 0 Å². The summed E-state index contributed by atoms with van der Waals surface area (Å²) in [5, 5.41) is 12.1. The summed E-state index contributed by atoms with van der Waals surface area (Å²) in [4.78, 5) is 22.9. The molecule has 0 aromatic rings. The van der Waals surface area contributed by atoms with Gasteiger partial charge in [0.25, 0.3) is 0 Å². The third-order valence-corrected chi connectivity index (χ3v) is 3.67. The normalized spacial score (nSPS) is 35.6. The SMILES string of the molecule is CCCCOC(=O)C12CNCC1C2C(=O)O. The minimum atomic E-state index is -0.876. The molecule has 0 aromatic heterocycles. The highest BCUT2D eigenvalue weighted by Gasteiger charge is 2.75. The zero-order chi connectivity index (χ0) is 11.8. The van der Waals surface area contributed by atoms with Gasteiger partial charge in [-0.25, -0.2) is 0 Å². The summed E-state index contributed by atoms with van der Waals surface area (Å²) in [6.07, 6.45) is 1.79. The first-order valence-corrected chi connectivity index (χ1v) is 5.75. The van der Waals surface area contributed by atoms with Crippen molar-refractivity contribution in [1.29, 1.82) is 0 Å². The fourth-order valence-corrected chi connectivity index (χ4v) is 2.68. The standard InChI is InChI=1S/C11H17NO4/c1-2-3-4-16-10(15)11-6-12-5-7(11)8(11)9(13)14/h7-8,12H,2-6H2,1H3,(H,13,14). The molecular formula is C11H17NO4. The average Bonchev–Trinajstić information content (AvgIpc) is 2.71. The number of ether oxygens (including phenoxy) is 1. The molecule has 0 spiro atoms. The summed E-state index contributed by atoms with van der Waals surface area (Å²) in [6, 6.07) is 0. The molecule has 1 saturated carbocycles. The molecule has 5 nitrogen and oxygen atoms in total. The van der Waals surface area contributed by atoms with Crippen LogP contribution in [0.15, 0.2) is 0 Å². The van der Waals surface area contributed by atoms with Gasteiger partial charge in [-0.05, 0) is 6.42 Å². The fourth-order valence-electron chi connectivity index (χ4n) is 2.68. The summed E-state index contributed by atoms with van der Waals surface area (Å²) >= 11 is 0. The van der Waals surface area contributed by atoms with E-state index in [1.165, 1.54) is 0 Å². The summed E-state index contributed by atoms with van der Waals surface area (Å²) in [6.45, 7) is 3.47. The van der Waals surface area contributed by atoms with Crippen LogP contribution >= 0.6 is 0 Å². The molecule has 2 fully saturated rings. The molecule has 1 aliphatic carbocycles. The van der Waals surface area contributed by atoms with E-state index in [1.807, 2.05) is 6.92 Å². The molecule has 0 amide bonds. The highest BCUT2D eigenvalue weighted by Crippen LogP contribution is 2.61. The number of rotatable bonds is 5. The van der Waals surface area contributed by atoms with Crippen molar-refractivity contribution in [3.63, 3.8) is 0 Å². The average molecular weight is 227 g/mol. The van der Waals surface area contributed by atoms with Gasteiger partial charge in [0.2, 0.25) is 0 Å². The fraction of sp³-hybridized carbons (Fsp3) is 0.818. The number of piperidine rings is 1. The van der Waals surface area contributed by atoms with Gasteiger partial charge in [0, 0.05) is 19.0 Å². The maximum Gasteiger partial charge on any atom is 0.314 e. The van der Waals surface area contributed by atoms with Crippen LogP contribution in [0.2, 0.25) is 0 Å². The van der Waals surface area contributed by atoms with Gasteiger partial charge in [-0.1, -0.05) is 13.3 Å². The number of hydrogen-bond donors (Lipinski definition) is 2. The number of carboxylic acids is 1. The molecular weight excluding hydrogens is 210 g/mol. The van der Waals surface area contributed by atoms with Crippen molar-refractivity contribution in [1.82, 2.24) is 5.32 Å². The monoisotopic (exact) mass is 227 g/mol. The second kappa shape index (κ2) is 4.05. The van der Waals surface area contributed by atoms with E-state index in [0.717, 1.165) is 12.8 Å². The second-order valence-electron chi connectivity index (χ2n) is 4.58. The maximum absolute atomic E-state index is 11.9. The molecule has 2 aliphatic rings. The number of unbranched alkanes of at least 4 members (excludes halogenated alkanes) is 1. The topological polar surface area (TPSA) is 75.6 Å². The molecule has 0 aromatic carbocycles. The molecule has 1 heterocycles. The molecule has 5 heteroatoms. The van der Waals surface area contributed by atoms with Gasteiger partial charge in [0.05, 0.1) is 17.9 Å². The Morgan fingerprint density at radius 3 is 2.88 bits per heavy atom. The summed E-state index contributed by atoms with van der Waals surface area (Å²) in [7, 11) is 0. The predicted octanol–water partition coefficient (Wildman–Crippen LogP) is 0.250. The second-order valence-corrected chi connectivity index (χ2v) is 4.58. The van der Waals surface area contributed by atoms with Crippen molar-refractivity contribution in [2.24, 2.45) is 17.3 Å². The Bertz CT molecular complexity index is 317. The number of nitrogens with one attached hydrogen (secondary N) is 1. The molecule has 0 radical (unpaired) electrons. The molecule has 90 valence electrons. The summed E-state index contributed by atoms with van der Waals surface area (Å²) < 4.78 is 5.15. The Morgan fingerprint density at radius 1 is 1.56 bits per heavy atom. The zero-order valence-corrected chi connectivity index (χ0v) is 9.36. The van der Waals surface area contributed by atoms with E-state index < -0.39 is 17.3 Å². The first-order valence-electron chi connectivity index (χ1n) is 5.75. The van der Waals surface area contributed by atoms with Crippen molar-refractivity contribution >= 4 is 11.9 Å². The highest BCUT2D eigenvalue weighted by atomic mass is 16.5. The molecule has 2 N–H and O–H groups in total. The van der Waals surface area contributed by atoms with E-state index in [1.54, 1.807) is 0 Å². The Labute approximate surface area is 94.2 Å². The van der Waals surface area contributed by atoms with Gasteiger partial charge >= 0.3 is 11.9 Å². The van der Waals surface area contributed by atoms with Crippen LogP contribution in [0.3, 0.4) is 0 Å². The predicted molar refractivity (Wildman–Crippen MR) is 55.8 cm³/mol. The molecule has 16 heavy (non-hydrogen) atoms. The van der Waals surface area contributed by atoms with Gasteiger partial charge in [-0.2, -0.15) is 0 Å². The number of esters is 1. The molecule has 3 unspecified atom stereocenters. The highest BCUT2D eigenvalue weighted by molar-refractivity contribution is 5.92. The minimum Gasteiger partial charge on any atom is -0.481 e.